The van der Waals surface area contributed by atoms with Gasteiger partial charge in [0.2, 0.25) is 5.95 Å². The van der Waals surface area contributed by atoms with Gasteiger partial charge in [-0.2, -0.15) is 15.0 Å². The zero-order valence-corrected chi connectivity index (χ0v) is 12.1. The Balaban J connectivity index is 2.21. The summed E-state index contributed by atoms with van der Waals surface area (Å²) >= 11 is 0. The first-order valence-corrected chi connectivity index (χ1v) is 6.82. The molecule has 7 heteroatoms. The highest BCUT2D eigenvalue weighted by Gasteiger charge is 2.10. The van der Waals surface area contributed by atoms with E-state index in [0.717, 1.165) is 18.8 Å². The van der Waals surface area contributed by atoms with Crippen molar-refractivity contribution in [3.05, 3.63) is 24.0 Å². The number of ether oxygens (including phenoxy) is 1. The van der Waals surface area contributed by atoms with E-state index < -0.39 is 0 Å². The van der Waals surface area contributed by atoms with Gasteiger partial charge < -0.3 is 14.6 Å². The molecule has 2 aromatic heterocycles. The quantitative estimate of drug-likeness (QED) is 0.826. The van der Waals surface area contributed by atoms with E-state index in [1.165, 1.54) is 0 Å². The third-order valence-electron chi connectivity index (χ3n) is 2.78. The number of imidazole rings is 1. The molecule has 0 aromatic carbocycles. The number of hydrogen-bond donors (Lipinski definition) is 1. The summed E-state index contributed by atoms with van der Waals surface area (Å²) in [6, 6.07) is 0.357. The fourth-order valence-corrected chi connectivity index (χ4v) is 1.78. The van der Waals surface area contributed by atoms with Crippen molar-refractivity contribution in [2.75, 3.05) is 19.0 Å². The third kappa shape index (κ3) is 3.43. The van der Waals surface area contributed by atoms with Gasteiger partial charge >= 0.3 is 6.01 Å². The van der Waals surface area contributed by atoms with E-state index in [9.17, 15) is 0 Å². The molecule has 0 spiro atoms. The van der Waals surface area contributed by atoms with Gasteiger partial charge in [0.05, 0.1) is 13.0 Å². The van der Waals surface area contributed by atoms with Crippen LogP contribution in [0.4, 0.5) is 5.95 Å². The van der Waals surface area contributed by atoms with Crippen LogP contribution in [-0.2, 0) is 13.0 Å². The monoisotopic (exact) mass is 276 g/mol. The van der Waals surface area contributed by atoms with E-state index in [-0.39, 0.29) is 0 Å². The molecule has 7 nitrogen and oxygen atoms in total. The molecule has 0 radical (unpaired) electrons. The predicted molar refractivity (Wildman–Crippen MR) is 75.9 cm³/mol. The zero-order chi connectivity index (χ0) is 14.4. The van der Waals surface area contributed by atoms with E-state index >= 15 is 0 Å². The van der Waals surface area contributed by atoms with Crippen LogP contribution in [0.5, 0.6) is 6.01 Å². The Morgan fingerprint density at radius 2 is 2.10 bits per heavy atom. The topological polar surface area (TPSA) is 77.8 Å². The molecule has 2 heterocycles. The Morgan fingerprint density at radius 3 is 2.80 bits per heavy atom. The zero-order valence-electron chi connectivity index (χ0n) is 12.1. The van der Waals surface area contributed by atoms with Gasteiger partial charge in [-0.1, -0.05) is 6.92 Å². The van der Waals surface area contributed by atoms with Crippen LogP contribution >= 0.6 is 0 Å². The molecule has 2 aromatic rings. The van der Waals surface area contributed by atoms with E-state index in [1.807, 2.05) is 13.1 Å². The summed E-state index contributed by atoms with van der Waals surface area (Å²) in [6.07, 6.45) is 5.20. The number of aromatic nitrogens is 5. The standard InChI is InChI=1S/C13H20N6O/c1-4-8-20-13-17-10(16-12(14-3)18-13)9-11-15-6-7-19(11)5-2/h6-7H,4-5,8-9H2,1-3H3,(H,14,16,17,18). The molecule has 2 rings (SSSR count). The summed E-state index contributed by atoms with van der Waals surface area (Å²) in [4.78, 5) is 17.2. The first kappa shape index (κ1) is 14.2. The molecule has 0 aliphatic heterocycles. The lowest BCUT2D eigenvalue weighted by molar-refractivity contribution is 0.290. The van der Waals surface area contributed by atoms with E-state index in [0.29, 0.717) is 30.8 Å². The Labute approximate surface area is 118 Å². The van der Waals surface area contributed by atoms with Crippen LogP contribution in [0.15, 0.2) is 12.4 Å². The Bertz CT molecular complexity index is 554. The first-order chi connectivity index (χ1) is 9.76. The number of nitrogens with zero attached hydrogens (tertiary/aromatic N) is 5. The van der Waals surface area contributed by atoms with Crippen LogP contribution in [0.25, 0.3) is 0 Å². The lowest BCUT2D eigenvalue weighted by atomic mass is 10.4. The normalized spacial score (nSPS) is 10.6. The van der Waals surface area contributed by atoms with Crippen LogP contribution in [0.2, 0.25) is 0 Å². The molecular formula is C13H20N6O. The second kappa shape index (κ2) is 6.83. The lowest BCUT2D eigenvalue weighted by Gasteiger charge is -2.08. The van der Waals surface area contributed by atoms with Crippen molar-refractivity contribution in [2.45, 2.75) is 33.2 Å². The van der Waals surface area contributed by atoms with Crippen LogP contribution in [-0.4, -0.2) is 38.2 Å². The van der Waals surface area contributed by atoms with Crippen molar-refractivity contribution in [1.29, 1.82) is 0 Å². The Kier molecular flexibility index (Phi) is 4.86. The molecule has 0 amide bonds. The molecule has 0 aliphatic rings. The van der Waals surface area contributed by atoms with Gasteiger partial charge in [0.15, 0.2) is 0 Å². The average Bonchev–Trinajstić information content (AvgIpc) is 2.92. The van der Waals surface area contributed by atoms with E-state index in [4.69, 9.17) is 4.74 Å². The van der Waals surface area contributed by atoms with Crippen molar-refractivity contribution >= 4 is 5.95 Å². The Hall–Kier alpha value is -2.18. The van der Waals surface area contributed by atoms with Crippen molar-refractivity contribution in [3.8, 4) is 6.01 Å². The van der Waals surface area contributed by atoms with Crippen molar-refractivity contribution < 1.29 is 4.74 Å². The summed E-state index contributed by atoms with van der Waals surface area (Å²) < 4.78 is 7.55. The van der Waals surface area contributed by atoms with Crippen LogP contribution in [0.1, 0.15) is 31.9 Å². The smallest absolute Gasteiger partial charge is 0.321 e. The van der Waals surface area contributed by atoms with Gasteiger partial charge in [-0.15, -0.1) is 0 Å². The number of aryl methyl sites for hydroxylation is 1. The first-order valence-electron chi connectivity index (χ1n) is 6.82. The second-order valence-electron chi connectivity index (χ2n) is 4.26. The summed E-state index contributed by atoms with van der Waals surface area (Å²) in [7, 11) is 1.77. The minimum absolute atomic E-state index is 0.357. The van der Waals surface area contributed by atoms with Crippen molar-refractivity contribution in [2.24, 2.45) is 0 Å². The Morgan fingerprint density at radius 1 is 1.25 bits per heavy atom. The molecule has 0 atom stereocenters. The van der Waals surface area contributed by atoms with E-state index in [1.54, 1.807) is 13.2 Å². The summed E-state index contributed by atoms with van der Waals surface area (Å²) in [6.45, 7) is 5.58. The highest BCUT2D eigenvalue weighted by atomic mass is 16.5. The van der Waals surface area contributed by atoms with Crippen LogP contribution < -0.4 is 10.1 Å². The summed E-state index contributed by atoms with van der Waals surface area (Å²) in [5.41, 5.74) is 0. The molecule has 1 N–H and O–H groups in total. The van der Waals surface area contributed by atoms with Gasteiger partial charge in [-0.3, -0.25) is 0 Å². The van der Waals surface area contributed by atoms with E-state index in [2.05, 4.69) is 36.7 Å². The van der Waals surface area contributed by atoms with Gasteiger partial charge in [-0.25, -0.2) is 4.98 Å². The molecule has 0 saturated heterocycles. The maximum Gasteiger partial charge on any atom is 0.321 e. The SMILES string of the molecule is CCCOc1nc(Cc2nccn2CC)nc(NC)n1. The lowest BCUT2D eigenvalue weighted by Crippen LogP contribution is -2.10. The largest absolute Gasteiger partial charge is 0.463 e. The molecular weight excluding hydrogens is 256 g/mol. The fraction of sp³-hybridized carbons (Fsp3) is 0.538. The maximum absolute atomic E-state index is 5.48. The molecule has 0 saturated carbocycles. The van der Waals surface area contributed by atoms with Crippen LogP contribution in [0.3, 0.4) is 0 Å². The highest BCUT2D eigenvalue weighted by molar-refractivity contribution is 5.25. The number of nitrogens with one attached hydrogen (secondary N) is 1. The van der Waals surface area contributed by atoms with Gasteiger partial charge in [0, 0.05) is 26.0 Å². The third-order valence-corrected chi connectivity index (χ3v) is 2.78. The fourth-order valence-electron chi connectivity index (χ4n) is 1.78. The molecule has 0 aliphatic carbocycles. The second-order valence-corrected chi connectivity index (χ2v) is 4.26. The maximum atomic E-state index is 5.48. The molecule has 20 heavy (non-hydrogen) atoms. The van der Waals surface area contributed by atoms with Crippen molar-refractivity contribution in [3.63, 3.8) is 0 Å². The summed E-state index contributed by atoms with van der Waals surface area (Å²) in [5, 5.41) is 2.92. The number of hydrogen-bond acceptors (Lipinski definition) is 6. The van der Waals surface area contributed by atoms with Crippen LogP contribution in [0, 0.1) is 0 Å². The van der Waals surface area contributed by atoms with Gasteiger partial charge in [0.25, 0.3) is 0 Å². The summed E-state index contributed by atoms with van der Waals surface area (Å²) in [5.74, 6) is 2.09. The average molecular weight is 276 g/mol. The molecule has 0 fully saturated rings. The minimum atomic E-state index is 0.357. The van der Waals surface area contributed by atoms with Crippen molar-refractivity contribution in [1.82, 2.24) is 24.5 Å². The highest BCUT2D eigenvalue weighted by Crippen LogP contribution is 2.11. The molecule has 0 bridgehead atoms. The predicted octanol–water partition coefficient (Wildman–Crippen LogP) is 1.51. The number of rotatable bonds is 7. The van der Waals surface area contributed by atoms with Gasteiger partial charge in [0.1, 0.15) is 11.6 Å². The van der Waals surface area contributed by atoms with Gasteiger partial charge in [-0.05, 0) is 13.3 Å². The minimum Gasteiger partial charge on any atom is -0.463 e. The number of anilines is 1. The molecule has 0 unspecified atom stereocenters. The molecule has 108 valence electrons.